The van der Waals surface area contributed by atoms with Crippen LogP contribution in [0, 0.1) is 17.0 Å². The van der Waals surface area contributed by atoms with E-state index in [1.807, 2.05) is 25.1 Å². The Bertz CT molecular complexity index is 1030. The quantitative estimate of drug-likeness (QED) is 0.542. The highest BCUT2D eigenvalue weighted by Crippen LogP contribution is 2.32. The Labute approximate surface area is 160 Å². The Morgan fingerprint density at radius 2 is 2.18 bits per heavy atom. The summed E-state index contributed by atoms with van der Waals surface area (Å²) in [6, 6.07) is 8.39. The fraction of sp³-hybridized carbons (Fsp3) is 0.263. The van der Waals surface area contributed by atoms with Gasteiger partial charge in [-0.15, -0.1) is 0 Å². The van der Waals surface area contributed by atoms with Gasteiger partial charge in [0.25, 0.3) is 11.6 Å². The number of nitro groups is 1. The normalized spacial score (nSPS) is 18.3. The van der Waals surface area contributed by atoms with Gasteiger partial charge in [-0.25, -0.2) is 4.98 Å². The van der Waals surface area contributed by atoms with Crippen molar-refractivity contribution in [3.8, 4) is 11.6 Å². The minimum absolute atomic E-state index is 0.0290. The third-order valence-corrected chi connectivity index (χ3v) is 4.53. The smallest absolute Gasteiger partial charge is 0.292 e. The van der Waals surface area contributed by atoms with E-state index in [-0.39, 0.29) is 16.7 Å². The second kappa shape index (κ2) is 7.65. The van der Waals surface area contributed by atoms with Crippen LogP contribution in [0.4, 0.5) is 5.69 Å². The number of aryl methyl sites for hydroxylation is 1. The van der Waals surface area contributed by atoms with Gasteiger partial charge in [0.2, 0.25) is 0 Å². The van der Waals surface area contributed by atoms with Crippen molar-refractivity contribution in [1.82, 2.24) is 25.4 Å². The molecule has 3 aromatic rings. The molecule has 3 aromatic heterocycles. The first-order chi connectivity index (χ1) is 13.6. The summed E-state index contributed by atoms with van der Waals surface area (Å²) in [5, 5.41) is 18.7. The van der Waals surface area contributed by atoms with Crippen molar-refractivity contribution >= 4 is 11.8 Å². The van der Waals surface area contributed by atoms with E-state index < -0.39 is 0 Å². The Hall–Kier alpha value is -3.46. The highest BCUT2D eigenvalue weighted by atomic mass is 16.6. The molecule has 1 aliphatic rings. The number of nitrogens with one attached hydrogen (secondary N) is 1. The van der Waals surface area contributed by atoms with E-state index in [0.29, 0.717) is 36.1 Å². The van der Waals surface area contributed by atoms with Crippen LogP contribution in [0.15, 0.2) is 46.6 Å². The Balaban J connectivity index is 1.57. The third-order valence-electron chi connectivity index (χ3n) is 4.53. The molecule has 0 spiro atoms. The van der Waals surface area contributed by atoms with Gasteiger partial charge in [0.1, 0.15) is 11.4 Å². The maximum absolute atomic E-state index is 11.4. The molecule has 0 saturated carbocycles. The van der Waals surface area contributed by atoms with Crippen LogP contribution in [0.2, 0.25) is 0 Å². The summed E-state index contributed by atoms with van der Waals surface area (Å²) >= 11 is 0. The van der Waals surface area contributed by atoms with E-state index in [1.54, 1.807) is 18.3 Å². The summed E-state index contributed by atoms with van der Waals surface area (Å²) in [5.74, 6) is 0.817. The summed E-state index contributed by atoms with van der Waals surface area (Å²) in [6.45, 7) is 2.51. The van der Waals surface area contributed by atoms with Crippen molar-refractivity contribution in [3.05, 3.63) is 69.4 Å². The first kappa shape index (κ1) is 17.9. The van der Waals surface area contributed by atoms with Gasteiger partial charge in [0, 0.05) is 18.0 Å². The van der Waals surface area contributed by atoms with Crippen LogP contribution in [-0.4, -0.2) is 31.6 Å². The molecule has 1 N–H and O–H groups in total. The highest BCUT2D eigenvalue weighted by molar-refractivity contribution is 5.51. The summed E-state index contributed by atoms with van der Waals surface area (Å²) in [4.78, 5) is 24.0. The monoisotopic (exact) mass is 378 g/mol. The Kier molecular flexibility index (Phi) is 4.90. The van der Waals surface area contributed by atoms with E-state index >= 15 is 0 Å². The molecule has 4 heterocycles. The molecule has 9 heteroatoms. The molecular formula is C19H18N6O3. The maximum atomic E-state index is 11.4. The molecule has 1 atom stereocenters. The zero-order valence-electron chi connectivity index (χ0n) is 15.2. The fourth-order valence-electron chi connectivity index (χ4n) is 3.22. The van der Waals surface area contributed by atoms with Crippen LogP contribution in [-0.2, 0) is 0 Å². The van der Waals surface area contributed by atoms with Gasteiger partial charge in [-0.2, -0.15) is 4.98 Å². The van der Waals surface area contributed by atoms with Crippen LogP contribution >= 0.6 is 0 Å². The molecule has 0 bridgehead atoms. The number of hydrogen-bond acceptors (Lipinski definition) is 8. The van der Waals surface area contributed by atoms with Gasteiger partial charge in [-0.05, 0) is 50.6 Å². The lowest BCUT2D eigenvalue weighted by molar-refractivity contribution is -0.386. The number of pyridine rings is 2. The molecule has 142 valence electrons. The van der Waals surface area contributed by atoms with E-state index in [2.05, 4.69) is 25.4 Å². The molecule has 1 aliphatic heterocycles. The van der Waals surface area contributed by atoms with Crippen molar-refractivity contribution < 1.29 is 9.45 Å². The predicted molar refractivity (Wildman–Crippen MR) is 101 cm³/mol. The number of hydrogen-bond donors (Lipinski definition) is 1. The number of nitrogens with zero attached hydrogens (tertiary/aromatic N) is 5. The average Bonchev–Trinajstić information content (AvgIpc) is 3.17. The van der Waals surface area contributed by atoms with Gasteiger partial charge < -0.3 is 9.84 Å². The van der Waals surface area contributed by atoms with E-state index in [9.17, 15) is 10.1 Å². The third kappa shape index (κ3) is 3.79. The lowest BCUT2D eigenvalue weighted by Crippen LogP contribution is -2.29. The van der Waals surface area contributed by atoms with Crippen LogP contribution in [0.3, 0.4) is 0 Å². The molecule has 1 saturated heterocycles. The maximum Gasteiger partial charge on any atom is 0.292 e. The van der Waals surface area contributed by atoms with Gasteiger partial charge in [-0.1, -0.05) is 16.8 Å². The Morgan fingerprint density at radius 1 is 1.29 bits per heavy atom. The molecule has 0 radical (unpaired) electrons. The summed E-state index contributed by atoms with van der Waals surface area (Å²) < 4.78 is 5.28. The lowest BCUT2D eigenvalue weighted by atomic mass is 9.95. The Morgan fingerprint density at radius 3 is 2.96 bits per heavy atom. The minimum atomic E-state index is -0.389. The second-order valence-corrected chi connectivity index (χ2v) is 6.55. The molecule has 28 heavy (non-hydrogen) atoms. The van der Waals surface area contributed by atoms with Gasteiger partial charge in [0.15, 0.2) is 5.82 Å². The number of aromatic nitrogens is 4. The average molecular weight is 378 g/mol. The predicted octanol–water partition coefficient (Wildman–Crippen LogP) is 3.25. The number of piperidine rings is 1. The van der Waals surface area contributed by atoms with E-state index in [4.69, 9.17) is 4.52 Å². The summed E-state index contributed by atoms with van der Waals surface area (Å²) in [5.41, 5.74) is 2.92. The van der Waals surface area contributed by atoms with Crippen LogP contribution in [0.1, 0.15) is 36.1 Å². The topological polar surface area (TPSA) is 120 Å². The van der Waals surface area contributed by atoms with Crippen molar-refractivity contribution in [2.24, 2.45) is 0 Å². The number of rotatable bonds is 4. The van der Waals surface area contributed by atoms with Crippen molar-refractivity contribution in [1.29, 1.82) is 0 Å². The van der Waals surface area contributed by atoms with Crippen LogP contribution in [0.25, 0.3) is 17.7 Å². The first-order valence-electron chi connectivity index (χ1n) is 8.90. The molecular weight excluding hydrogens is 360 g/mol. The van der Waals surface area contributed by atoms with E-state index in [1.165, 1.54) is 6.07 Å². The SMILES string of the molecule is Cc1ccc([N+](=O)[O-])c(C2CC(=Cc3noc(-c4ccccn4)n3)CCN2)n1. The van der Waals surface area contributed by atoms with E-state index in [0.717, 1.165) is 17.7 Å². The van der Waals surface area contributed by atoms with Gasteiger partial charge >= 0.3 is 0 Å². The molecule has 1 fully saturated rings. The zero-order valence-corrected chi connectivity index (χ0v) is 15.2. The molecule has 1 unspecified atom stereocenters. The standard InChI is InChI=1S/C19H18N6O3/c1-12-5-6-16(25(26)27)18(22-12)15-10-13(7-9-21-15)11-17-23-19(28-24-17)14-4-2-3-8-20-14/h2-6,8,11,15,21H,7,9-10H2,1H3. The minimum Gasteiger partial charge on any atom is -0.332 e. The molecule has 9 nitrogen and oxygen atoms in total. The summed E-state index contributed by atoms with van der Waals surface area (Å²) in [7, 11) is 0. The molecule has 0 aliphatic carbocycles. The van der Waals surface area contributed by atoms with Crippen molar-refractivity contribution in [2.75, 3.05) is 6.54 Å². The second-order valence-electron chi connectivity index (χ2n) is 6.55. The largest absolute Gasteiger partial charge is 0.332 e. The fourth-order valence-corrected chi connectivity index (χ4v) is 3.22. The van der Waals surface area contributed by atoms with Crippen LogP contribution < -0.4 is 5.32 Å². The molecule has 0 aromatic carbocycles. The zero-order chi connectivity index (χ0) is 19.5. The first-order valence-corrected chi connectivity index (χ1v) is 8.90. The van der Waals surface area contributed by atoms with Crippen molar-refractivity contribution in [3.63, 3.8) is 0 Å². The van der Waals surface area contributed by atoms with Gasteiger partial charge in [0.05, 0.1) is 11.0 Å². The molecule has 4 rings (SSSR count). The summed E-state index contributed by atoms with van der Waals surface area (Å²) in [6.07, 6.45) is 4.91. The highest BCUT2D eigenvalue weighted by Gasteiger charge is 2.27. The van der Waals surface area contributed by atoms with Crippen molar-refractivity contribution in [2.45, 2.75) is 25.8 Å². The molecule has 0 amide bonds. The lowest BCUT2D eigenvalue weighted by Gasteiger charge is -2.25. The van der Waals surface area contributed by atoms with Crippen LogP contribution in [0.5, 0.6) is 0 Å². The van der Waals surface area contributed by atoms with Gasteiger partial charge in [-0.3, -0.25) is 15.1 Å².